The lowest BCUT2D eigenvalue weighted by Crippen LogP contribution is -2.47. The molecule has 31 heavy (non-hydrogen) atoms. The molecule has 0 bridgehead atoms. The number of methoxy groups -OCH3 is 1. The Kier molecular flexibility index (Phi) is 6.08. The van der Waals surface area contributed by atoms with Crippen LogP contribution in [0.15, 0.2) is 53.2 Å². The van der Waals surface area contributed by atoms with Gasteiger partial charge >= 0.3 is 0 Å². The number of halogens is 1. The van der Waals surface area contributed by atoms with Gasteiger partial charge in [-0.05, 0) is 50.1 Å². The highest BCUT2D eigenvalue weighted by Crippen LogP contribution is 2.37. The lowest BCUT2D eigenvalue weighted by molar-refractivity contribution is -0.137. The summed E-state index contributed by atoms with van der Waals surface area (Å²) >= 11 is 6.04. The summed E-state index contributed by atoms with van der Waals surface area (Å²) in [5, 5.41) is 1.63. The van der Waals surface area contributed by atoms with Crippen molar-refractivity contribution in [2.45, 2.75) is 33.0 Å². The van der Waals surface area contributed by atoms with Crippen molar-refractivity contribution in [1.29, 1.82) is 0 Å². The minimum absolute atomic E-state index is 0.0215. The fourth-order valence-corrected chi connectivity index (χ4v) is 4.22. The third-order valence-electron chi connectivity index (χ3n) is 5.55. The van der Waals surface area contributed by atoms with Gasteiger partial charge < -0.3 is 18.8 Å². The lowest BCUT2D eigenvalue weighted by atomic mass is 9.99. The second-order valence-corrected chi connectivity index (χ2v) is 8.47. The van der Waals surface area contributed by atoms with E-state index in [4.69, 9.17) is 25.5 Å². The van der Waals surface area contributed by atoms with Gasteiger partial charge in [0.1, 0.15) is 11.3 Å². The number of allylic oxidation sites excluding steroid dienone is 1. The van der Waals surface area contributed by atoms with Gasteiger partial charge in [-0.3, -0.25) is 4.79 Å². The highest BCUT2D eigenvalue weighted by Gasteiger charge is 2.25. The first-order valence-corrected chi connectivity index (χ1v) is 10.7. The second-order valence-electron chi connectivity index (χ2n) is 8.03. The predicted octanol–water partition coefficient (Wildman–Crippen LogP) is 5.80. The Bertz CT molecular complexity index is 1120. The van der Waals surface area contributed by atoms with E-state index in [0.717, 1.165) is 33.2 Å². The number of ether oxygens (including phenoxy) is 2. The first-order chi connectivity index (χ1) is 14.9. The number of furan rings is 1. The van der Waals surface area contributed by atoms with Crippen LogP contribution in [-0.4, -0.2) is 43.2 Å². The SMILES string of the molecule is COc1cc2occ(-c3ccc(Cl)cc3)c2cc1/C(C)=C/C(=O)N1CC(C)OC(C)C1. The minimum Gasteiger partial charge on any atom is -0.496 e. The zero-order chi connectivity index (χ0) is 22.1. The molecule has 2 heterocycles. The van der Waals surface area contributed by atoms with Crippen molar-refractivity contribution in [3.8, 4) is 16.9 Å². The third kappa shape index (κ3) is 4.48. The van der Waals surface area contributed by atoms with Crippen LogP contribution in [0, 0.1) is 0 Å². The van der Waals surface area contributed by atoms with E-state index in [1.807, 2.05) is 62.1 Å². The molecule has 1 saturated heterocycles. The molecule has 0 N–H and O–H groups in total. The monoisotopic (exact) mass is 439 g/mol. The smallest absolute Gasteiger partial charge is 0.247 e. The van der Waals surface area contributed by atoms with E-state index in [1.54, 1.807) is 19.4 Å². The summed E-state index contributed by atoms with van der Waals surface area (Å²) in [6, 6.07) is 11.5. The summed E-state index contributed by atoms with van der Waals surface area (Å²) in [4.78, 5) is 14.8. The number of amides is 1. The molecule has 3 aromatic rings. The van der Waals surface area contributed by atoms with Crippen LogP contribution in [0.2, 0.25) is 5.02 Å². The molecule has 0 aliphatic carbocycles. The predicted molar refractivity (Wildman–Crippen MR) is 123 cm³/mol. The molecule has 1 aromatic heterocycles. The summed E-state index contributed by atoms with van der Waals surface area (Å²) in [5.74, 6) is 0.640. The Hall–Kier alpha value is -2.76. The maximum absolute atomic E-state index is 12.9. The summed E-state index contributed by atoms with van der Waals surface area (Å²) < 4.78 is 17.1. The Morgan fingerprint density at radius 3 is 2.48 bits per heavy atom. The molecule has 162 valence electrons. The van der Waals surface area contributed by atoms with Crippen LogP contribution in [0.3, 0.4) is 0 Å². The van der Waals surface area contributed by atoms with Gasteiger partial charge in [0.2, 0.25) is 5.91 Å². The number of carbonyl (C=O) groups is 1. The lowest BCUT2D eigenvalue weighted by Gasteiger charge is -2.34. The first kappa shape index (κ1) is 21.5. The number of nitrogens with zero attached hydrogens (tertiary/aromatic N) is 1. The van der Waals surface area contributed by atoms with Gasteiger partial charge in [0.05, 0.1) is 25.6 Å². The van der Waals surface area contributed by atoms with Crippen LogP contribution in [0.1, 0.15) is 26.3 Å². The number of carbonyl (C=O) groups excluding carboxylic acids is 1. The summed E-state index contributed by atoms with van der Waals surface area (Å²) in [7, 11) is 1.62. The van der Waals surface area contributed by atoms with Crippen molar-refractivity contribution >= 4 is 34.1 Å². The van der Waals surface area contributed by atoms with Crippen molar-refractivity contribution < 1.29 is 18.7 Å². The van der Waals surface area contributed by atoms with Gasteiger partial charge in [-0.1, -0.05) is 23.7 Å². The van der Waals surface area contributed by atoms with Gasteiger partial charge in [-0.15, -0.1) is 0 Å². The van der Waals surface area contributed by atoms with Crippen LogP contribution in [0.5, 0.6) is 5.75 Å². The average molecular weight is 440 g/mol. The summed E-state index contributed by atoms with van der Waals surface area (Å²) in [5.41, 5.74) is 4.38. The molecule has 2 unspecified atom stereocenters. The highest BCUT2D eigenvalue weighted by molar-refractivity contribution is 6.30. The van der Waals surface area contributed by atoms with Crippen molar-refractivity contribution in [3.63, 3.8) is 0 Å². The van der Waals surface area contributed by atoms with E-state index < -0.39 is 0 Å². The van der Waals surface area contributed by atoms with Gasteiger partial charge in [0, 0.05) is 46.8 Å². The summed E-state index contributed by atoms with van der Waals surface area (Å²) in [6.07, 6.45) is 3.47. The Balaban J connectivity index is 1.71. The van der Waals surface area contributed by atoms with Crippen molar-refractivity contribution in [2.75, 3.05) is 20.2 Å². The number of rotatable bonds is 4. The number of hydrogen-bond donors (Lipinski definition) is 0. The highest BCUT2D eigenvalue weighted by atomic mass is 35.5. The van der Waals surface area contributed by atoms with E-state index in [2.05, 4.69) is 0 Å². The van der Waals surface area contributed by atoms with E-state index in [0.29, 0.717) is 23.9 Å². The fraction of sp³-hybridized carbons (Fsp3) is 0.320. The molecule has 1 amide bonds. The van der Waals surface area contributed by atoms with Crippen LogP contribution in [-0.2, 0) is 9.53 Å². The molecule has 2 aromatic carbocycles. The number of hydrogen-bond acceptors (Lipinski definition) is 4. The largest absolute Gasteiger partial charge is 0.496 e. The number of fused-ring (bicyclic) bond motifs is 1. The number of benzene rings is 2. The zero-order valence-corrected chi connectivity index (χ0v) is 18.9. The molecular weight excluding hydrogens is 414 g/mol. The maximum Gasteiger partial charge on any atom is 0.247 e. The molecule has 0 saturated carbocycles. The second kappa shape index (κ2) is 8.77. The molecule has 5 nitrogen and oxygen atoms in total. The molecule has 1 aliphatic heterocycles. The Morgan fingerprint density at radius 2 is 1.84 bits per heavy atom. The molecule has 2 atom stereocenters. The first-order valence-electron chi connectivity index (χ1n) is 10.3. The van der Waals surface area contributed by atoms with Gasteiger partial charge in [-0.25, -0.2) is 0 Å². The van der Waals surface area contributed by atoms with Crippen LogP contribution in [0.4, 0.5) is 0 Å². The van der Waals surface area contributed by atoms with Gasteiger partial charge in [0.15, 0.2) is 0 Å². The molecule has 4 rings (SSSR count). The van der Waals surface area contributed by atoms with Crippen LogP contribution in [0.25, 0.3) is 27.7 Å². The van der Waals surface area contributed by atoms with E-state index in [9.17, 15) is 4.79 Å². The van der Waals surface area contributed by atoms with E-state index in [-0.39, 0.29) is 18.1 Å². The van der Waals surface area contributed by atoms with E-state index in [1.165, 1.54) is 0 Å². The molecule has 0 radical (unpaired) electrons. The van der Waals surface area contributed by atoms with Crippen LogP contribution >= 0.6 is 11.6 Å². The van der Waals surface area contributed by atoms with Crippen LogP contribution < -0.4 is 4.74 Å². The Morgan fingerprint density at radius 1 is 1.16 bits per heavy atom. The molecule has 6 heteroatoms. The van der Waals surface area contributed by atoms with Gasteiger partial charge in [-0.2, -0.15) is 0 Å². The van der Waals surface area contributed by atoms with Crippen molar-refractivity contribution in [3.05, 3.63) is 59.3 Å². The normalized spacial score (nSPS) is 19.6. The number of morpholine rings is 1. The molecule has 1 aliphatic rings. The van der Waals surface area contributed by atoms with Gasteiger partial charge in [0.25, 0.3) is 0 Å². The molecule has 0 spiro atoms. The minimum atomic E-state index is -0.0215. The van der Waals surface area contributed by atoms with E-state index >= 15 is 0 Å². The maximum atomic E-state index is 12.9. The topological polar surface area (TPSA) is 51.9 Å². The standard InChI is InChI=1S/C25H26ClNO4/c1-15(9-25(28)27-12-16(2)31-17(3)13-27)20-10-21-22(18-5-7-19(26)8-6-18)14-30-24(21)11-23(20)29-4/h5-11,14,16-17H,12-13H2,1-4H3/b15-9+. The summed E-state index contributed by atoms with van der Waals surface area (Å²) in [6.45, 7) is 7.08. The third-order valence-corrected chi connectivity index (χ3v) is 5.80. The zero-order valence-electron chi connectivity index (χ0n) is 18.1. The Labute approximate surface area is 187 Å². The average Bonchev–Trinajstić information content (AvgIpc) is 3.15. The fourth-order valence-electron chi connectivity index (χ4n) is 4.10. The molecular formula is C25H26ClNO4. The van der Waals surface area contributed by atoms with Crippen molar-refractivity contribution in [2.24, 2.45) is 0 Å². The van der Waals surface area contributed by atoms with Crippen molar-refractivity contribution in [1.82, 2.24) is 4.90 Å². The molecule has 1 fully saturated rings. The quantitative estimate of drug-likeness (QED) is 0.482.